The van der Waals surface area contributed by atoms with Gasteiger partial charge in [0.05, 0.1) is 22.5 Å². The van der Waals surface area contributed by atoms with E-state index in [0.29, 0.717) is 6.04 Å². The average Bonchev–Trinajstić information content (AvgIpc) is 3.50. The Balaban J connectivity index is 1.38. The molecule has 0 aliphatic heterocycles. The van der Waals surface area contributed by atoms with Crippen molar-refractivity contribution in [3.63, 3.8) is 0 Å². The number of pyridine rings is 1. The molecule has 1 fully saturated rings. The van der Waals surface area contributed by atoms with Gasteiger partial charge in [0, 0.05) is 27.4 Å². The number of nitrogens with zero attached hydrogens (tertiary/aromatic N) is 2. The summed E-state index contributed by atoms with van der Waals surface area (Å²) in [5.74, 6) is 0.00478. The number of carbonyl (C=O) groups is 1. The van der Waals surface area contributed by atoms with Crippen molar-refractivity contribution in [2.75, 3.05) is 0 Å². The fraction of sp³-hybridized carbons (Fsp3) is 0.125. The third kappa shape index (κ3) is 4.14. The van der Waals surface area contributed by atoms with Crippen molar-refractivity contribution >= 4 is 40.7 Å². The Bertz CT molecular complexity index is 1230. The predicted molar refractivity (Wildman–Crippen MR) is 120 cm³/mol. The Labute approximate surface area is 178 Å². The minimum absolute atomic E-state index is 0.00478. The fourth-order valence-corrected chi connectivity index (χ4v) is 4.19. The van der Waals surface area contributed by atoms with Crippen LogP contribution < -0.4 is 5.32 Å². The summed E-state index contributed by atoms with van der Waals surface area (Å²) in [6.45, 7) is 0. The molecule has 2 aromatic heterocycles. The predicted octanol–water partition coefficient (Wildman–Crippen LogP) is 5.17. The van der Waals surface area contributed by atoms with Crippen molar-refractivity contribution in [2.45, 2.75) is 28.7 Å². The lowest BCUT2D eigenvalue weighted by atomic mass is 10.2. The third-order valence-corrected chi connectivity index (χ3v) is 6.00. The van der Waals surface area contributed by atoms with Gasteiger partial charge in [-0.3, -0.25) is 14.9 Å². The zero-order valence-corrected chi connectivity index (χ0v) is 17.0. The van der Waals surface area contributed by atoms with Gasteiger partial charge in [0.2, 0.25) is 0 Å². The Hall–Kier alpha value is -3.38. The van der Waals surface area contributed by atoms with Crippen molar-refractivity contribution in [1.82, 2.24) is 20.5 Å². The van der Waals surface area contributed by atoms with Gasteiger partial charge in [0.25, 0.3) is 5.91 Å². The summed E-state index contributed by atoms with van der Waals surface area (Å²) in [5, 5.41) is 11.7. The van der Waals surface area contributed by atoms with Crippen LogP contribution in [0.15, 0.2) is 76.7 Å². The molecule has 6 heteroatoms. The topological polar surface area (TPSA) is 70.7 Å². The van der Waals surface area contributed by atoms with Gasteiger partial charge in [-0.1, -0.05) is 30.0 Å². The van der Waals surface area contributed by atoms with Crippen LogP contribution in [0.5, 0.6) is 0 Å². The van der Waals surface area contributed by atoms with Crippen LogP contribution in [-0.4, -0.2) is 27.1 Å². The van der Waals surface area contributed by atoms with Crippen molar-refractivity contribution in [1.29, 1.82) is 0 Å². The Morgan fingerprint density at radius 1 is 1.07 bits per heavy atom. The summed E-state index contributed by atoms with van der Waals surface area (Å²) >= 11 is 1.59. The van der Waals surface area contributed by atoms with Gasteiger partial charge in [-0.25, -0.2) is 0 Å². The highest BCUT2D eigenvalue weighted by Gasteiger charge is 2.24. The van der Waals surface area contributed by atoms with E-state index in [1.165, 1.54) is 0 Å². The maximum Gasteiger partial charge on any atom is 0.252 e. The molecule has 5 rings (SSSR count). The van der Waals surface area contributed by atoms with Crippen LogP contribution in [0.25, 0.3) is 23.1 Å². The largest absolute Gasteiger partial charge is 0.349 e. The summed E-state index contributed by atoms with van der Waals surface area (Å²) in [5.41, 5.74) is 3.44. The number of carbonyl (C=O) groups excluding carboxylic acids is 1. The zero-order chi connectivity index (χ0) is 20.3. The quantitative estimate of drug-likeness (QED) is 0.458. The number of amides is 1. The zero-order valence-electron chi connectivity index (χ0n) is 16.2. The molecule has 1 aliphatic rings. The minimum Gasteiger partial charge on any atom is -0.349 e. The number of rotatable bonds is 6. The Morgan fingerprint density at radius 3 is 2.77 bits per heavy atom. The standard InChI is InChI=1S/C24H20N4OS/c29-24(26-17-8-9-17)20-6-1-2-7-23(20)30-18-11-12-19-21(27-28-22(19)15-18)13-10-16-5-3-4-14-25-16/h1-7,10-15,17H,8-9H2,(H,26,29)(H,27,28). The van der Waals surface area contributed by atoms with E-state index in [1.54, 1.807) is 18.0 Å². The van der Waals surface area contributed by atoms with Gasteiger partial charge >= 0.3 is 0 Å². The molecule has 2 heterocycles. The first kappa shape index (κ1) is 18.6. The van der Waals surface area contributed by atoms with Crippen LogP contribution in [-0.2, 0) is 0 Å². The molecule has 0 radical (unpaired) electrons. The average molecular weight is 413 g/mol. The molecule has 0 spiro atoms. The van der Waals surface area contributed by atoms with Crippen LogP contribution in [0.3, 0.4) is 0 Å². The van der Waals surface area contributed by atoms with Gasteiger partial charge in [0.15, 0.2) is 0 Å². The van der Waals surface area contributed by atoms with Crippen LogP contribution in [0, 0.1) is 0 Å². The van der Waals surface area contributed by atoms with E-state index < -0.39 is 0 Å². The number of benzene rings is 2. The smallest absolute Gasteiger partial charge is 0.252 e. The fourth-order valence-electron chi connectivity index (χ4n) is 3.21. The number of fused-ring (bicyclic) bond motifs is 1. The maximum atomic E-state index is 12.6. The molecule has 148 valence electrons. The molecule has 0 unspecified atom stereocenters. The lowest BCUT2D eigenvalue weighted by molar-refractivity contribution is 0.0948. The van der Waals surface area contributed by atoms with Crippen molar-refractivity contribution in [3.05, 3.63) is 83.8 Å². The molecular formula is C24H20N4OS. The van der Waals surface area contributed by atoms with Crippen molar-refractivity contribution < 1.29 is 4.79 Å². The van der Waals surface area contributed by atoms with E-state index in [2.05, 4.69) is 38.7 Å². The molecule has 1 saturated carbocycles. The molecule has 0 atom stereocenters. The van der Waals surface area contributed by atoms with E-state index in [0.717, 1.165) is 50.5 Å². The first-order valence-electron chi connectivity index (χ1n) is 9.91. The van der Waals surface area contributed by atoms with E-state index in [4.69, 9.17) is 0 Å². The number of hydrogen-bond acceptors (Lipinski definition) is 4. The van der Waals surface area contributed by atoms with Gasteiger partial charge in [-0.05, 0) is 67.5 Å². The second kappa shape index (κ2) is 8.16. The van der Waals surface area contributed by atoms with Gasteiger partial charge in [0.1, 0.15) is 0 Å². The highest BCUT2D eigenvalue weighted by Crippen LogP contribution is 2.33. The summed E-state index contributed by atoms with van der Waals surface area (Å²) in [7, 11) is 0. The molecule has 1 aliphatic carbocycles. The van der Waals surface area contributed by atoms with Crippen LogP contribution in [0.1, 0.15) is 34.6 Å². The minimum atomic E-state index is 0.00478. The summed E-state index contributed by atoms with van der Waals surface area (Å²) in [4.78, 5) is 18.9. The molecule has 4 aromatic rings. The first-order valence-corrected chi connectivity index (χ1v) is 10.7. The molecule has 1 amide bonds. The SMILES string of the molecule is O=C(NC1CC1)c1ccccc1Sc1ccc2c(C=Cc3ccccn3)n[nH]c2c1. The Kier molecular flexibility index (Phi) is 5.07. The number of aromatic amines is 1. The summed E-state index contributed by atoms with van der Waals surface area (Å²) < 4.78 is 0. The molecule has 5 nitrogen and oxygen atoms in total. The van der Waals surface area contributed by atoms with Crippen molar-refractivity contribution in [3.8, 4) is 0 Å². The van der Waals surface area contributed by atoms with Crippen LogP contribution in [0.4, 0.5) is 0 Å². The molecule has 2 aromatic carbocycles. The van der Waals surface area contributed by atoms with E-state index in [-0.39, 0.29) is 5.91 Å². The van der Waals surface area contributed by atoms with Gasteiger partial charge in [-0.15, -0.1) is 0 Å². The van der Waals surface area contributed by atoms with Crippen LogP contribution >= 0.6 is 11.8 Å². The second-order valence-electron chi connectivity index (χ2n) is 7.25. The van der Waals surface area contributed by atoms with Crippen LogP contribution in [0.2, 0.25) is 0 Å². The molecule has 2 N–H and O–H groups in total. The normalized spacial score (nSPS) is 13.7. The maximum absolute atomic E-state index is 12.6. The highest BCUT2D eigenvalue weighted by atomic mass is 32.2. The van der Waals surface area contributed by atoms with E-state index >= 15 is 0 Å². The lowest BCUT2D eigenvalue weighted by Gasteiger charge is -2.09. The second-order valence-corrected chi connectivity index (χ2v) is 8.37. The summed E-state index contributed by atoms with van der Waals surface area (Å²) in [6, 6.07) is 20.1. The van der Waals surface area contributed by atoms with Gasteiger partial charge in [-0.2, -0.15) is 5.10 Å². The van der Waals surface area contributed by atoms with E-state index in [1.807, 2.05) is 54.6 Å². The highest BCUT2D eigenvalue weighted by molar-refractivity contribution is 7.99. The number of hydrogen-bond donors (Lipinski definition) is 2. The van der Waals surface area contributed by atoms with Crippen molar-refractivity contribution in [2.24, 2.45) is 0 Å². The van der Waals surface area contributed by atoms with Gasteiger partial charge < -0.3 is 5.32 Å². The first-order chi connectivity index (χ1) is 14.8. The Morgan fingerprint density at radius 2 is 1.93 bits per heavy atom. The lowest BCUT2D eigenvalue weighted by Crippen LogP contribution is -2.25. The molecular weight excluding hydrogens is 392 g/mol. The van der Waals surface area contributed by atoms with E-state index in [9.17, 15) is 4.79 Å². The molecule has 30 heavy (non-hydrogen) atoms. The summed E-state index contributed by atoms with van der Waals surface area (Å²) in [6.07, 6.45) is 7.84. The molecule has 0 bridgehead atoms. The monoisotopic (exact) mass is 412 g/mol. The number of H-pyrrole nitrogens is 1. The molecule has 0 saturated heterocycles. The number of aromatic nitrogens is 3. The third-order valence-electron chi connectivity index (χ3n) is 4.94. The number of nitrogens with one attached hydrogen (secondary N) is 2.